The minimum Gasteiger partial charge on any atom is -0.456 e. The zero-order valence-electron chi connectivity index (χ0n) is 16.2. The Hall–Kier alpha value is -3.86. The molecule has 2 aromatic heterocycles. The second-order valence-electron chi connectivity index (χ2n) is 7.12. The molecule has 5 heteroatoms. The molecular weight excluding hydrogens is 360 g/mol. The van der Waals surface area contributed by atoms with Crippen molar-refractivity contribution in [1.29, 1.82) is 0 Å². The average molecular weight is 380 g/mol. The molecule has 5 aromatic rings. The third-order valence-electron chi connectivity index (χ3n) is 5.09. The van der Waals surface area contributed by atoms with Gasteiger partial charge in [0.1, 0.15) is 11.3 Å². The minimum atomic E-state index is 0.602. The number of fused-ring (bicyclic) bond motifs is 2. The molecule has 0 fully saturated rings. The van der Waals surface area contributed by atoms with E-state index in [0.717, 1.165) is 38.7 Å². The number of aromatic amines is 1. The van der Waals surface area contributed by atoms with Crippen LogP contribution in [0.4, 0.5) is 5.95 Å². The molecule has 0 bridgehead atoms. The zero-order chi connectivity index (χ0) is 19.8. The summed E-state index contributed by atoms with van der Waals surface area (Å²) in [4.78, 5) is 7.78. The minimum absolute atomic E-state index is 0.602. The SMILES string of the molecule is Cc1cc2oc(-c3ccccc3)c/c(=N\Nc3nc4ccccc4[nH]3)c2cc1C. The Morgan fingerprint density at radius 2 is 1.66 bits per heavy atom. The Labute approximate surface area is 167 Å². The van der Waals surface area contributed by atoms with Gasteiger partial charge in [-0.1, -0.05) is 42.5 Å². The van der Waals surface area contributed by atoms with Crippen molar-refractivity contribution >= 4 is 28.0 Å². The maximum atomic E-state index is 6.21. The Morgan fingerprint density at radius 3 is 2.48 bits per heavy atom. The summed E-state index contributed by atoms with van der Waals surface area (Å²) in [5, 5.41) is 6.41. The fraction of sp³-hybridized carbons (Fsp3) is 0.0833. The molecule has 0 amide bonds. The number of hydrogen-bond acceptors (Lipinski definition) is 4. The third kappa shape index (κ3) is 3.27. The van der Waals surface area contributed by atoms with E-state index < -0.39 is 0 Å². The zero-order valence-corrected chi connectivity index (χ0v) is 16.2. The van der Waals surface area contributed by atoms with Crippen molar-refractivity contribution in [1.82, 2.24) is 9.97 Å². The van der Waals surface area contributed by atoms with Crippen LogP contribution in [-0.2, 0) is 0 Å². The predicted octanol–water partition coefficient (Wildman–Crippen LogP) is 5.52. The van der Waals surface area contributed by atoms with Gasteiger partial charge in [0.05, 0.1) is 16.4 Å². The lowest BCUT2D eigenvalue weighted by Gasteiger charge is -2.07. The fourth-order valence-electron chi connectivity index (χ4n) is 3.38. The molecule has 0 saturated heterocycles. The van der Waals surface area contributed by atoms with E-state index >= 15 is 0 Å². The van der Waals surface area contributed by atoms with E-state index in [2.05, 4.69) is 46.5 Å². The summed E-state index contributed by atoms with van der Waals surface area (Å²) in [5.41, 5.74) is 9.13. The topological polar surface area (TPSA) is 66.2 Å². The molecule has 5 nitrogen and oxygen atoms in total. The van der Waals surface area contributed by atoms with Crippen molar-refractivity contribution < 1.29 is 4.42 Å². The Balaban J connectivity index is 1.67. The van der Waals surface area contributed by atoms with Gasteiger partial charge >= 0.3 is 0 Å². The van der Waals surface area contributed by atoms with Crippen LogP contribution in [0.3, 0.4) is 0 Å². The summed E-state index contributed by atoms with van der Waals surface area (Å²) in [6.07, 6.45) is 0. The van der Waals surface area contributed by atoms with E-state index in [-0.39, 0.29) is 0 Å². The van der Waals surface area contributed by atoms with Crippen molar-refractivity contribution in [3.8, 4) is 11.3 Å². The number of nitrogens with one attached hydrogen (secondary N) is 2. The van der Waals surface area contributed by atoms with Crippen LogP contribution < -0.4 is 10.8 Å². The number of nitrogens with zero attached hydrogens (tertiary/aromatic N) is 2. The van der Waals surface area contributed by atoms with E-state index in [1.807, 2.05) is 60.7 Å². The maximum Gasteiger partial charge on any atom is 0.222 e. The molecule has 2 heterocycles. The van der Waals surface area contributed by atoms with E-state index in [9.17, 15) is 0 Å². The lowest BCUT2D eigenvalue weighted by molar-refractivity contribution is 0.617. The molecule has 0 unspecified atom stereocenters. The van der Waals surface area contributed by atoms with Gasteiger partial charge in [-0.2, -0.15) is 5.10 Å². The molecule has 3 aromatic carbocycles. The first-order chi connectivity index (χ1) is 14.2. The fourth-order valence-corrected chi connectivity index (χ4v) is 3.38. The molecule has 0 spiro atoms. The molecule has 0 radical (unpaired) electrons. The van der Waals surface area contributed by atoms with Gasteiger partial charge in [0, 0.05) is 17.0 Å². The monoisotopic (exact) mass is 380 g/mol. The molecule has 0 saturated carbocycles. The Morgan fingerprint density at radius 1 is 0.897 bits per heavy atom. The molecular formula is C24H20N4O. The van der Waals surface area contributed by atoms with Gasteiger partial charge < -0.3 is 9.40 Å². The van der Waals surface area contributed by atoms with E-state index in [0.29, 0.717) is 5.95 Å². The molecule has 0 atom stereocenters. The van der Waals surface area contributed by atoms with E-state index in [4.69, 9.17) is 4.42 Å². The number of imidazole rings is 1. The third-order valence-corrected chi connectivity index (χ3v) is 5.09. The summed E-state index contributed by atoms with van der Waals surface area (Å²) < 4.78 is 6.21. The van der Waals surface area contributed by atoms with Crippen LogP contribution in [0.2, 0.25) is 0 Å². The number of benzene rings is 3. The lowest BCUT2D eigenvalue weighted by atomic mass is 10.1. The summed E-state index contributed by atoms with van der Waals surface area (Å²) in [6.45, 7) is 4.18. The highest BCUT2D eigenvalue weighted by molar-refractivity contribution is 5.80. The molecule has 29 heavy (non-hydrogen) atoms. The lowest BCUT2D eigenvalue weighted by Crippen LogP contribution is -2.08. The van der Waals surface area contributed by atoms with Crippen LogP contribution in [-0.4, -0.2) is 9.97 Å². The average Bonchev–Trinajstić information content (AvgIpc) is 3.16. The van der Waals surface area contributed by atoms with Crippen molar-refractivity contribution in [3.63, 3.8) is 0 Å². The van der Waals surface area contributed by atoms with Gasteiger partial charge in [0.25, 0.3) is 0 Å². The standard InChI is InChI=1S/C24H20N4O/c1-15-12-18-21(27-28-24-25-19-10-6-7-11-20(19)26-24)14-22(17-8-4-3-5-9-17)29-23(18)13-16(15)2/h3-14H,1-2H3,(H2,25,26,28)/b27-21+. The number of para-hydroxylation sites is 2. The van der Waals surface area contributed by atoms with Crippen LogP contribution in [0, 0.1) is 13.8 Å². The van der Waals surface area contributed by atoms with Gasteiger partial charge in [0.15, 0.2) is 0 Å². The number of H-pyrrole nitrogens is 1. The first-order valence-electron chi connectivity index (χ1n) is 9.52. The second-order valence-corrected chi connectivity index (χ2v) is 7.12. The number of anilines is 1. The van der Waals surface area contributed by atoms with Crippen molar-refractivity contribution in [2.75, 3.05) is 5.43 Å². The summed E-state index contributed by atoms with van der Waals surface area (Å²) in [6, 6.07) is 24.1. The van der Waals surface area contributed by atoms with Crippen LogP contribution >= 0.6 is 0 Å². The molecule has 0 aliphatic heterocycles. The van der Waals surface area contributed by atoms with Gasteiger partial charge in [-0.15, -0.1) is 0 Å². The highest BCUT2D eigenvalue weighted by Crippen LogP contribution is 2.24. The molecule has 0 aliphatic rings. The quantitative estimate of drug-likeness (QED) is 0.405. The first kappa shape index (κ1) is 17.3. The summed E-state index contributed by atoms with van der Waals surface area (Å²) >= 11 is 0. The number of aromatic nitrogens is 2. The van der Waals surface area contributed by atoms with Gasteiger partial charge in [-0.05, 0) is 49.2 Å². The van der Waals surface area contributed by atoms with Crippen LogP contribution in [0.25, 0.3) is 33.3 Å². The van der Waals surface area contributed by atoms with Crippen molar-refractivity contribution in [2.24, 2.45) is 5.10 Å². The summed E-state index contributed by atoms with van der Waals surface area (Å²) in [5.74, 6) is 1.37. The largest absolute Gasteiger partial charge is 0.456 e. The number of hydrogen-bond donors (Lipinski definition) is 2. The Kier molecular flexibility index (Phi) is 4.13. The molecule has 2 N–H and O–H groups in total. The van der Waals surface area contributed by atoms with Gasteiger partial charge in [-0.3, -0.25) is 0 Å². The van der Waals surface area contributed by atoms with Gasteiger partial charge in [-0.25, -0.2) is 10.4 Å². The normalized spacial score (nSPS) is 12.0. The predicted molar refractivity (Wildman–Crippen MR) is 116 cm³/mol. The first-order valence-corrected chi connectivity index (χ1v) is 9.52. The molecule has 5 rings (SSSR count). The van der Waals surface area contributed by atoms with Crippen molar-refractivity contribution in [2.45, 2.75) is 13.8 Å². The number of rotatable bonds is 3. The highest BCUT2D eigenvalue weighted by atomic mass is 16.3. The van der Waals surface area contributed by atoms with Crippen LogP contribution in [0.5, 0.6) is 0 Å². The van der Waals surface area contributed by atoms with Crippen LogP contribution in [0.1, 0.15) is 11.1 Å². The second kappa shape index (κ2) is 6.95. The highest BCUT2D eigenvalue weighted by Gasteiger charge is 2.08. The molecule has 142 valence electrons. The summed E-state index contributed by atoms with van der Waals surface area (Å²) in [7, 11) is 0. The smallest absolute Gasteiger partial charge is 0.222 e. The van der Waals surface area contributed by atoms with E-state index in [1.54, 1.807) is 0 Å². The van der Waals surface area contributed by atoms with E-state index in [1.165, 1.54) is 11.1 Å². The number of aryl methyl sites for hydroxylation is 2. The van der Waals surface area contributed by atoms with Crippen molar-refractivity contribution in [3.05, 3.63) is 89.3 Å². The van der Waals surface area contributed by atoms with Crippen LogP contribution in [0.15, 0.2) is 82.3 Å². The molecule has 0 aliphatic carbocycles. The Bertz CT molecular complexity index is 1360. The maximum absolute atomic E-state index is 6.21. The van der Waals surface area contributed by atoms with Gasteiger partial charge in [0.2, 0.25) is 5.95 Å².